The summed E-state index contributed by atoms with van der Waals surface area (Å²) in [6.07, 6.45) is 5.95. The second-order valence-corrected chi connectivity index (χ2v) is 8.93. The van der Waals surface area contributed by atoms with E-state index in [9.17, 15) is 4.79 Å². The van der Waals surface area contributed by atoms with Crippen LogP contribution >= 0.6 is 23.2 Å². The Morgan fingerprint density at radius 1 is 1.06 bits per heavy atom. The molecule has 1 atom stereocenters. The van der Waals surface area contributed by atoms with Gasteiger partial charge in [-0.05, 0) is 42.7 Å². The van der Waals surface area contributed by atoms with Crippen LogP contribution in [0, 0.1) is 0 Å². The molecule has 8 heteroatoms. The number of benzene rings is 2. The first-order valence-corrected chi connectivity index (χ1v) is 12.4. The molecule has 182 valence electrons. The number of nitrogens with two attached hydrogens (primary N) is 1. The molecule has 3 rings (SSSR count). The fraction of sp³-hybridized carbons (Fsp3) is 0.385. The number of ether oxygens (including phenoxy) is 2. The van der Waals surface area contributed by atoms with E-state index in [4.69, 9.17) is 38.4 Å². The SMILES string of the molecule is CCCCOC(=O)c1cc(C(N)Cc2nc(-c3ccc(Cl)c(Cl)c3)c[nH]2)ccc1OCCCC. The Labute approximate surface area is 210 Å². The van der Waals surface area contributed by atoms with E-state index in [-0.39, 0.29) is 6.04 Å². The number of halogens is 2. The molecular formula is C26H31Cl2N3O3. The maximum atomic E-state index is 12.7. The van der Waals surface area contributed by atoms with Crippen molar-refractivity contribution in [2.24, 2.45) is 5.73 Å². The summed E-state index contributed by atoms with van der Waals surface area (Å²) in [5, 5.41) is 0.967. The molecule has 0 aliphatic carbocycles. The van der Waals surface area contributed by atoms with Crippen LogP contribution in [-0.4, -0.2) is 29.2 Å². The molecule has 0 aliphatic heterocycles. The molecule has 3 aromatic rings. The van der Waals surface area contributed by atoms with Gasteiger partial charge in [0.1, 0.15) is 17.1 Å². The van der Waals surface area contributed by atoms with Crippen molar-refractivity contribution in [2.75, 3.05) is 13.2 Å². The molecule has 3 N–H and O–H groups in total. The van der Waals surface area contributed by atoms with Gasteiger partial charge >= 0.3 is 5.97 Å². The van der Waals surface area contributed by atoms with Crippen molar-refractivity contribution in [2.45, 2.75) is 52.0 Å². The van der Waals surface area contributed by atoms with Crippen LogP contribution < -0.4 is 10.5 Å². The maximum Gasteiger partial charge on any atom is 0.341 e. The van der Waals surface area contributed by atoms with Crippen molar-refractivity contribution in [3.05, 3.63) is 69.6 Å². The third kappa shape index (κ3) is 6.98. The molecule has 1 heterocycles. The van der Waals surface area contributed by atoms with E-state index >= 15 is 0 Å². The molecule has 0 bridgehead atoms. The summed E-state index contributed by atoms with van der Waals surface area (Å²) in [4.78, 5) is 20.5. The molecule has 6 nitrogen and oxygen atoms in total. The number of hydrogen-bond donors (Lipinski definition) is 2. The monoisotopic (exact) mass is 503 g/mol. The summed E-state index contributed by atoms with van der Waals surface area (Å²) >= 11 is 12.1. The van der Waals surface area contributed by atoms with E-state index < -0.39 is 5.97 Å². The van der Waals surface area contributed by atoms with Crippen molar-refractivity contribution >= 4 is 29.2 Å². The van der Waals surface area contributed by atoms with Crippen LogP contribution in [0.3, 0.4) is 0 Å². The average Bonchev–Trinajstić information content (AvgIpc) is 3.29. The van der Waals surface area contributed by atoms with Crippen molar-refractivity contribution in [3.63, 3.8) is 0 Å². The number of imidazole rings is 1. The van der Waals surface area contributed by atoms with Gasteiger partial charge < -0.3 is 20.2 Å². The van der Waals surface area contributed by atoms with Crippen LogP contribution in [0.5, 0.6) is 5.75 Å². The molecule has 34 heavy (non-hydrogen) atoms. The van der Waals surface area contributed by atoms with Crippen molar-refractivity contribution in [1.82, 2.24) is 9.97 Å². The summed E-state index contributed by atoms with van der Waals surface area (Å²) in [5.41, 5.74) is 9.30. The van der Waals surface area contributed by atoms with Crippen LogP contribution in [0.15, 0.2) is 42.6 Å². The Kier molecular flexibility index (Phi) is 9.81. The summed E-state index contributed by atoms with van der Waals surface area (Å²) in [5.74, 6) is 0.851. The number of rotatable bonds is 12. The highest BCUT2D eigenvalue weighted by atomic mass is 35.5. The van der Waals surface area contributed by atoms with E-state index in [1.54, 1.807) is 24.3 Å². The fourth-order valence-corrected chi connectivity index (χ4v) is 3.67. The number of carbonyl (C=O) groups excluding carboxylic acids is 1. The van der Waals surface area contributed by atoms with E-state index in [2.05, 4.69) is 16.9 Å². The number of nitrogens with zero attached hydrogens (tertiary/aromatic N) is 1. The molecule has 2 aromatic carbocycles. The first kappa shape index (κ1) is 26.1. The Hall–Kier alpha value is -2.54. The van der Waals surface area contributed by atoms with Gasteiger partial charge in [0.15, 0.2) is 0 Å². The zero-order valence-electron chi connectivity index (χ0n) is 19.6. The van der Waals surface area contributed by atoms with Crippen LogP contribution in [0.4, 0.5) is 0 Å². The second kappa shape index (κ2) is 12.8. The number of unbranched alkanes of at least 4 members (excludes halogenated alkanes) is 2. The predicted molar refractivity (Wildman–Crippen MR) is 137 cm³/mol. The molecule has 0 aliphatic rings. The number of esters is 1. The number of hydrogen-bond acceptors (Lipinski definition) is 5. The van der Waals surface area contributed by atoms with E-state index in [1.807, 2.05) is 25.3 Å². The first-order valence-electron chi connectivity index (χ1n) is 11.6. The zero-order chi connectivity index (χ0) is 24.5. The number of carbonyl (C=O) groups is 1. The lowest BCUT2D eigenvalue weighted by Gasteiger charge is -2.16. The minimum absolute atomic E-state index is 0.375. The Bertz CT molecular complexity index is 1100. The third-order valence-electron chi connectivity index (χ3n) is 5.40. The predicted octanol–water partition coefficient (Wildman–Crippen LogP) is 6.76. The highest BCUT2D eigenvalue weighted by Crippen LogP contribution is 2.29. The second-order valence-electron chi connectivity index (χ2n) is 8.12. The van der Waals surface area contributed by atoms with Crippen molar-refractivity contribution in [3.8, 4) is 17.0 Å². The molecule has 1 unspecified atom stereocenters. The molecule has 0 fully saturated rings. The molecule has 1 aromatic heterocycles. The minimum Gasteiger partial charge on any atom is -0.493 e. The normalized spacial score (nSPS) is 11.9. The number of H-pyrrole nitrogens is 1. The molecule has 0 saturated carbocycles. The van der Waals surface area contributed by atoms with E-state index in [0.29, 0.717) is 41.0 Å². The summed E-state index contributed by atoms with van der Waals surface area (Å²) in [6.45, 7) is 5.06. The van der Waals surface area contributed by atoms with Gasteiger partial charge in [0.25, 0.3) is 0 Å². The van der Waals surface area contributed by atoms with Gasteiger partial charge in [0.05, 0.1) is 29.0 Å². The van der Waals surface area contributed by atoms with Gasteiger partial charge in [-0.3, -0.25) is 0 Å². The van der Waals surface area contributed by atoms with Gasteiger partial charge in [0, 0.05) is 24.2 Å². The zero-order valence-corrected chi connectivity index (χ0v) is 21.1. The molecule has 0 amide bonds. The van der Waals surface area contributed by atoms with Gasteiger partial charge in [0.2, 0.25) is 0 Å². The smallest absolute Gasteiger partial charge is 0.341 e. The van der Waals surface area contributed by atoms with Crippen LogP contribution in [0.2, 0.25) is 10.0 Å². The largest absolute Gasteiger partial charge is 0.493 e. The fourth-order valence-electron chi connectivity index (χ4n) is 3.37. The topological polar surface area (TPSA) is 90.2 Å². The molecule has 0 spiro atoms. The number of nitrogens with one attached hydrogen (secondary N) is 1. The Balaban J connectivity index is 1.76. The third-order valence-corrected chi connectivity index (χ3v) is 6.14. The van der Waals surface area contributed by atoms with E-state index in [1.165, 1.54) is 0 Å². The number of aromatic nitrogens is 2. The highest BCUT2D eigenvalue weighted by Gasteiger charge is 2.19. The molecule has 0 saturated heterocycles. The lowest BCUT2D eigenvalue weighted by molar-refractivity contribution is 0.0495. The van der Waals surface area contributed by atoms with Crippen LogP contribution in [-0.2, 0) is 11.2 Å². The first-order chi connectivity index (χ1) is 16.4. The lowest BCUT2D eigenvalue weighted by Crippen LogP contribution is -2.16. The van der Waals surface area contributed by atoms with Gasteiger partial charge in [-0.2, -0.15) is 0 Å². The van der Waals surface area contributed by atoms with Gasteiger partial charge in [-0.25, -0.2) is 9.78 Å². The Morgan fingerprint density at radius 2 is 1.82 bits per heavy atom. The highest BCUT2D eigenvalue weighted by molar-refractivity contribution is 6.42. The van der Waals surface area contributed by atoms with Crippen molar-refractivity contribution < 1.29 is 14.3 Å². The van der Waals surface area contributed by atoms with Gasteiger partial charge in [-0.1, -0.05) is 62.0 Å². The molecule has 0 radical (unpaired) electrons. The average molecular weight is 504 g/mol. The van der Waals surface area contributed by atoms with Crippen LogP contribution in [0.25, 0.3) is 11.3 Å². The summed E-state index contributed by atoms with van der Waals surface area (Å²) < 4.78 is 11.3. The quantitative estimate of drug-likeness (QED) is 0.210. The van der Waals surface area contributed by atoms with Crippen molar-refractivity contribution in [1.29, 1.82) is 0 Å². The molecular weight excluding hydrogens is 473 g/mol. The Morgan fingerprint density at radius 3 is 2.56 bits per heavy atom. The minimum atomic E-state index is -0.395. The maximum absolute atomic E-state index is 12.7. The van der Waals surface area contributed by atoms with E-state index in [0.717, 1.165) is 48.3 Å². The standard InChI is InChI=1S/C26H31Cl2N3O3/c1-3-5-11-33-24-10-8-17(13-19(24)26(32)34-12-6-4-2)22(29)15-25-30-16-23(31-25)18-7-9-20(27)21(28)14-18/h7-10,13-14,16,22H,3-6,11-12,15,29H2,1-2H3,(H,30,31). The van der Waals surface area contributed by atoms with Crippen LogP contribution in [0.1, 0.15) is 67.3 Å². The lowest BCUT2D eigenvalue weighted by atomic mass is 10.0. The van der Waals surface area contributed by atoms with Gasteiger partial charge in [-0.15, -0.1) is 0 Å². The number of aromatic amines is 1. The summed E-state index contributed by atoms with van der Waals surface area (Å²) in [6, 6.07) is 10.5. The summed E-state index contributed by atoms with van der Waals surface area (Å²) in [7, 11) is 0.